The Hall–Kier alpha value is -2.21. The van der Waals surface area contributed by atoms with E-state index in [9.17, 15) is 9.18 Å². The zero-order valence-corrected chi connectivity index (χ0v) is 16.6. The van der Waals surface area contributed by atoms with Crippen LogP contribution in [0.25, 0.3) is 5.69 Å². The van der Waals surface area contributed by atoms with Gasteiger partial charge in [0.2, 0.25) is 0 Å². The Balaban J connectivity index is 1.59. The number of carbonyl (C=O) groups is 1. The summed E-state index contributed by atoms with van der Waals surface area (Å²) in [6.07, 6.45) is 7.10. The minimum atomic E-state index is -0.265. The van der Waals surface area contributed by atoms with Gasteiger partial charge < -0.3 is 10.2 Å². The monoisotopic (exact) mass is 384 g/mol. The summed E-state index contributed by atoms with van der Waals surface area (Å²) < 4.78 is 15.2. The summed E-state index contributed by atoms with van der Waals surface area (Å²) in [7, 11) is 0. The van der Waals surface area contributed by atoms with Gasteiger partial charge in [-0.15, -0.1) is 0 Å². The van der Waals surface area contributed by atoms with Crippen molar-refractivity contribution >= 4 is 5.91 Å². The highest BCUT2D eigenvalue weighted by Gasteiger charge is 2.27. The highest BCUT2D eigenvalue weighted by molar-refractivity contribution is 5.94. The largest absolute Gasteiger partial charge is 0.348 e. The van der Waals surface area contributed by atoms with E-state index in [2.05, 4.69) is 17.1 Å². The number of hydrogen-bond acceptors (Lipinski definition) is 3. The average Bonchev–Trinajstić information content (AvgIpc) is 2.90. The molecule has 1 aromatic carbocycles. The van der Waals surface area contributed by atoms with Crippen molar-refractivity contribution < 1.29 is 9.18 Å². The molecule has 0 unspecified atom stereocenters. The van der Waals surface area contributed by atoms with E-state index in [0.717, 1.165) is 81.5 Å². The van der Waals surface area contributed by atoms with E-state index in [-0.39, 0.29) is 17.8 Å². The van der Waals surface area contributed by atoms with Gasteiger partial charge in [0.05, 0.1) is 5.69 Å². The van der Waals surface area contributed by atoms with Crippen molar-refractivity contribution in [3.8, 4) is 5.69 Å². The SMILES string of the molecule is CCN1CCC(NC(=O)c2nn(-c3ccc(F)cc3)c3c2CCCCC3)CC1. The molecule has 2 aromatic rings. The van der Waals surface area contributed by atoms with Crippen LogP contribution in [0.1, 0.15) is 60.8 Å². The molecule has 0 bridgehead atoms. The molecule has 1 saturated heterocycles. The van der Waals surface area contributed by atoms with Crippen LogP contribution in [0, 0.1) is 5.82 Å². The molecule has 0 radical (unpaired) electrons. The molecule has 1 aliphatic carbocycles. The summed E-state index contributed by atoms with van der Waals surface area (Å²) >= 11 is 0. The van der Waals surface area contributed by atoms with E-state index in [1.54, 1.807) is 12.1 Å². The molecule has 0 atom stereocenters. The number of carbonyl (C=O) groups excluding carboxylic acids is 1. The van der Waals surface area contributed by atoms with E-state index in [1.165, 1.54) is 12.1 Å². The van der Waals surface area contributed by atoms with Crippen LogP contribution in [-0.2, 0) is 12.8 Å². The molecular formula is C22H29FN4O. The minimum absolute atomic E-state index is 0.0611. The van der Waals surface area contributed by atoms with Gasteiger partial charge >= 0.3 is 0 Å². The summed E-state index contributed by atoms with van der Waals surface area (Å²) in [5, 5.41) is 7.92. The van der Waals surface area contributed by atoms with E-state index in [0.29, 0.717) is 5.69 Å². The number of benzene rings is 1. The number of fused-ring (bicyclic) bond motifs is 1. The Labute approximate surface area is 165 Å². The normalized spacial score (nSPS) is 18.5. The predicted octanol–water partition coefficient (Wildman–Crippen LogP) is 3.49. The van der Waals surface area contributed by atoms with Crippen molar-refractivity contribution in [3.63, 3.8) is 0 Å². The van der Waals surface area contributed by atoms with Crippen molar-refractivity contribution in [1.82, 2.24) is 20.0 Å². The third-order valence-electron chi connectivity index (χ3n) is 6.09. The van der Waals surface area contributed by atoms with E-state index in [1.807, 2.05) is 4.68 Å². The van der Waals surface area contributed by atoms with Crippen molar-refractivity contribution in [1.29, 1.82) is 0 Å². The molecular weight excluding hydrogens is 355 g/mol. The summed E-state index contributed by atoms with van der Waals surface area (Å²) in [6.45, 7) is 5.31. The lowest BCUT2D eigenvalue weighted by atomic mass is 10.0. The molecule has 1 aromatic heterocycles. The molecule has 0 spiro atoms. The molecule has 0 saturated carbocycles. The Morgan fingerprint density at radius 2 is 1.86 bits per heavy atom. The first kappa shape index (κ1) is 19.1. The van der Waals surface area contributed by atoms with Gasteiger partial charge in [-0.2, -0.15) is 5.10 Å². The van der Waals surface area contributed by atoms with Crippen LogP contribution in [0.3, 0.4) is 0 Å². The molecule has 1 amide bonds. The van der Waals surface area contributed by atoms with Crippen LogP contribution in [0.5, 0.6) is 0 Å². The second-order valence-corrected chi connectivity index (χ2v) is 7.90. The Kier molecular flexibility index (Phi) is 5.76. The first-order valence-electron chi connectivity index (χ1n) is 10.6. The van der Waals surface area contributed by atoms with Crippen LogP contribution in [-0.4, -0.2) is 46.3 Å². The predicted molar refractivity (Wildman–Crippen MR) is 107 cm³/mol. The molecule has 1 fully saturated rings. The summed E-state index contributed by atoms with van der Waals surface area (Å²) in [5.74, 6) is -0.327. The number of hydrogen-bond donors (Lipinski definition) is 1. The van der Waals surface area contributed by atoms with Gasteiger partial charge in [-0.25, -0.2) is 9.07 Å². The van der Waals surface area contributed by atoms with Crippen molar-refractivity contribution in [3.05, 3.63) is 47.0 Å². The number of piperidine rings is 1. The molecule has 150 valence electrons. The van der Waals surface area contributed by atoms with E-state index in [4.69, 9.17) is 5.10 Å². The lowest BCUT2D eigenvalue weighted by Crippen LogP contribution is -2.44. The van der Waals surface area contributed by atoms with Crippen molar-refractivity contribution in [2.75, 3.05) is 19.6 Å². The fourth-order valence-electron chi connectivity index (χ4n) is 4.40. The lowest BCUT2D eigenvalue weighted by molar-refractivity contribution is 0.0906. The van der Waals surface area contributed by atoms with Crippen LogP contribution < -0.4 is 5.32 Å². The molecule has 2 aliphatic rings. The molecule has 1 N–H and O–H groups in total. The Morgan fingerprint density at radius 3 is 2.57 bits per heavy atom. The molecule has 2 heterocycles. The summed E-state index contributed by atoms with van der Waals surface area (Å²) in [6, 6.07) is 6.57. The van der Waals surface area contributed by atoms with E-state index < -0.39 is 0 Å². The maximum atomic E-state index is 13.4. The number of halogens is 1. The quantitative estimate of drug-likeness (QED) is 0.821. The standard InChI is InChI=1S/C22H29FN4O/c1-2-26-14-12-17(13-15-26)24-22(28)21-19-6-4-3-5-7-20(19)27(25-21)18-10-8-16(23)9-11-18/h8-11,17H,2-7,12-15H2,1H3,(H,24,28). The smallest absolute Gasteiger partial charge is 0.272 e. The third kappa shape index (κ3) is 3.97. The number of rotatable bonds is 4. The Bertz CT molecular complexity index is 822. The van der Waals surface area contributed by atoms with Crippen LogP contribution in [0.15, 0.2) is 24.3 Å². The summed E-state index contributed by atoms with van der Waals surface area (Å²) in [4.78, 5) is 15.5. The molecule has 1 aliphatic heterocycles. The number of nitrogens with zero attached hydrogens (tertiary/aromatic N) is 3. The highest BCUT2D eigenvalue weighted by atomic mass is 19.1. The molecule has 6 heteroatoms. The average molecular weight is 384 g/mol. The van der Waals surface area contributed by atoms with Crippen LogP contribution in [0.4, 0.5) is 4.39 Å². The van der Waals surface area contributed by atoms with Gasteiger partial charge in [-0.3, -0.25) is 4.79 Å². The number of likely N-dealkylation sites (tertiary alicyclic amines) is 1. The number of aromatic nitrogens is 2. The third-order valence-corrected chi connectivity index (χ3v) is 6.09. The van der Waals surface area contributed by atoms with Gasteiger partial charge in [0.25, 0.3) is 5.91 Å². The zero-order valence-electron chi connectivity index (χ0n) is 16.6. The highest BCUT2D eigenvalue weighted by Crippen LogP contribution is 2.27. The fraction of sp³-hybridized carbons (Fsp3) is 0.545. The summed E-state index contributed by atoms with van der Waals surface area (Å²) in [5.41, 5.74) is 3.55. The van der Waals surface area contributed by atoms with Crippen molar-refractivity contribution in [2.45, 2.75) is 57.9 Å². The van der Waals surface area contributed by atoms with Gasteiger partial charge in [-0.05, 0) is 69.3 Å². The van der Waals surface area contributed by atoms with Gasteiger partial charge in [0.1, 0.15) is 5.82 Å². The lowest BCUT2D eigenvalue weighted by Gasteiger charge is -2.31. The molecule has 4 rings (SSSR count). The zero-order chi connectivity index (χ0) is 19.5. The number of amides is 1. The number of nitrogens with one attached hydrogen (secondary N) is 1. The fourth-order valence-corrected chi connectivity index (χ4v) is 4.40. The Morgan fingerprint density at radius 1 is 1.14 bits per heavy atom. The molecule has 5 nitrogen and oxygen atoms in total. The molecule has 28 heavy (non-hydrogen) atoms. The van der Waals surface area contributed by atoms with Crippen LogP contribution >= 0.6 is 0 Å². The maximum absolute atomic E-state index is 13.4. The maximum Gasteiger partial charge on any atom is 0.272 e. The van der Waals surface area contributed by atoms with Gasteiger partial charge in [-0.1, -0.05) is 13.3 Å². The first-order chi connectivity index (χ1) is 13.7. The van der Waals surface area contributed by atoms with Crippen molar-refractivity contribution in [2.24, 2.45) is 0 Å². The van der Waals surface area contributed by atoms with Gasteiger partial charge in [0.15, 0.2) is 5.69 Å². The first-order valence-corrected chi connectivity index (χ1v) is 10.6. The minimum Gasteiger partial charge on any atom is -0.348 e. The second-order valence-electron chi connectivity index (χ2n) is 7.90. The second kappa shape index (κ2) is 8.43. The van der Waals surface area contributed by atoms with Crippen LogP contribution in [0.2, 0.25) is 0 Å². The van der Waals surface area contributed by atoms with E-state index >= 15 is 0 Å². The van der Waals surface area contributed by atoms with Gasteiger partial charge in [0, 0.05) is 30.4 Å². The topological polar surface area (TPSA) is 50.2 Å².